The minimum atomic E-state index is -0.639. The molecule has 2 rings (SSSR count). The average Bonchev–Trinajstić information content (AvgIpc) is 2.86. The van der Waals surface area contributed by atoms with Gasteiger partial charge in [0.15, 0.2) is 0 Å². The van der Waals surface area contributed by atoms with Crippen molar-refractivity contribution < 1.29 is 18.7 Å². The maximum absolute atomic E-state index is 13.7. The number of nitrogens with two attached hydrogens (primary N) is 1. The molecule has 0 bridgehead atoms. The van der Waals surface area contributed by atoms with Gasteiger partial charge in [-0.2, -0.15) is 0 Å². The number of benzene rings is 1. The zero-order valence-corrected chi connectivity index (χ0v) is 11.1. The molecule has 7 heteroatoms. The van der Waals surface area contributed by atoms with E-state index in [9.17, 15) is 14.0 Å². The maximum atomic E-state index is 13.7. The minimum absolute atomic E-state index is 0.0158. The van der Waals surface area contributed by atoms with Crippen LogP contribution in [0.4, 0.5) is 14.9 Å². The molecule has 6 nitrogen and oxygen atoms in total. The Morgan fingerprint density at radius 2 is 2.25 bits per heavy atom. The smallest absolute Gasteiger partial charge is 0.407 e. The topological polar surface area (TPSA) is 84.7 Å². The summed E-state index contributed by atoms with van der Waals surface area (Å²) in [6.07, 6.45) is 0.0696. The summed E-state index contributed by atoms with van der Waals surface area (Å²) in [7, 11) is 1.27. The molecule has 0 saturated carbocycles. The fraction of sp³-hybridized carbons (Fsp3) is 0.385. The summed E-state index contributed by atoms with van der Waals surface area (Å²) in [5.41, 5.74) is 5.70. The monoisotopic (exact) mass is 281 g/mol. The van der Waals surface area contributed by atoms with E-state index in [1.165, 1.54) is 24.1 Å². The molecule has 20 heavy (non-hydrogen) atoms. The number of likely N-dealkylation sites (tertiary alicyclic amines) is 1. The number of amides is 2. The zero-order valence-electron chi connectivity index (χ0n) is 11.1. The number of rotatable bonds is 2. The molecule has 0 aliphatic carbocycles. The van der Waals surface area contributed by atoms with Crippen molar-refractivity contribution in [1.29, 1.82) is 0 Å². The molecule has 1 fully saturated rings. The Kier molecular flexibility index (Phi) is 4.07. The number of nitrogens with one attached hydrogen (secondary N) is 1. The average molecular weight is 281 g/mol. The third kappa shape index (κ3) is 2.98. The molecule has 1 aliphatic rings. The molecule has 3 N–H and O–H groups in total. The van der Waals surface area contributed by atoms with Gasteiger partial charge >= 0.3 is 6.09 Å². The van der Waals surface area contributed by atoms with Gasteiger partial charge in [0, 0.05) is 18.8 Å². The van der Waals surface area contributed by atoms with E-state index in [4.69, 9.17) is 5.73 Å². The summed E-state index contributed by atoms with van der Waals surface area (Å²) >= 11 is 0. The summed E-state index contributed by atoms with van der Waals surface area (Å²) in [5, 5.41) is 2.62. The van der Waals surface area contributed by atoms with Crippen molar-refractivity contribution in [2.24, 2.45) is 0 Å². The lowest BCUT2D eigenvalue weighted by molar-refractivity contribution is 0.0783. The molecule has 0 aromatic heterocycles. The van der Waals surface area contributed by atoms with Crippen molar-refractivity contribution in [3.8, 4) is 0 Å². The number of hydrogen-bond donors (Lipinski definition) is 2. The number of carbonyl (C=O) groups excluding carboxylic acids is 2. The molecule has 0 radical (unpaired) electrons. The summed E-state index contributed by atoms with van der Waals surface area (Å²) in [4.78, 5) is 24.8. The summed E-state index contributed by atoms with van der Waals surface area (Å²) in [5.74, 6) is -1.05. The second-order valence-electron chi connectivity index (χ2n) is 4.61. The van der Waals surface area contributed by atoms with E-state index in [0.29, 0.717) is 19.5 Å². The lowest BCUT2D eigenvalue weighted by atomic mass is 10.1. The Morgan fingerprint density at radius 1 is 1.50 bits per heavy atom. The number of alkyl carbamates (subject to hydrolysis) is 1. The van der Waals surface area contributed by atoms with Crippen molar-refractivity contribution in [3.63, 3.8) is 0 Å². The molecule has 1 unspecified atom stereocenters. The van der Waals surface area contributed by atoms with Crippen LogP contribution in [0.5, 0.6) is 0 Å². The molecule has 1 aliphatic heterocycles. The number of hydrogen-bond acceptors (Lipinski definition) is 4. The Labute approximate surface area is 115 Å². The molecule has 1 saturated heterocycles. The second-order valence-corrected chi connectivity index (χ2v) is 4.61. The fourth-order valence-corrected chi connectivity index (χ4v) is 2.16. The van der Waals surface area contributed by atoms with Crippen LogP contribution in [0, 0.1) is 5.82 Å². The van der Waals surface area contributed by atoms with Crippen LogP contribution >= 0.6 is 0 Å². The van der Waals surface area contributed by atoms with E-state index in [2.05, 4.69) is 10.1 Å². The van der Waals surface area contributed by atoms with E-state index in [0.717, 1.165) is 6.07 Å². The van der Waals surface area contributed by atoms with Gasteiger partial charge in [-0.05, 0) is 24.6 Å². The Hall–Kier alpha value is -2.31. The van der Waals surface area contributed by atoms with Crippen LogP contribution in [0.15, 0.2) is 18.2 Å². The zero-order chi connectivity index (χ0) is 14.7. The third-order valence-corrected chi connectivity index (χ3v) is 3.21. The highest BCUT2D eigenvalue weighted by molar-refractivity contribution is 5.95. The highest BCUT2D eigenvalue weighted by Crippen LogP contribution is 2.18. The fourth-order valence-electron chi connectivity index (χ4n) is 2.16. The first kappa shape index (κ1) is 14.1. The van der Waals surface area contributed by atoms with Crippen LogP contribution in [-0.2, 0) is 4.74 Å². The van der Waals surface area contributed by atoms with Gasteiger partial charge in [-0.25, -0.2) is 9.18 Å². The molecular formula is C13H16FN3O3. The highest BCUT2D eigenvalue weighted by atomic mass is 19.1. The number of nitrogens with zero attached hydrogens (tertiary/aromatic N) is 1. The molecule has 1 aromatic carbocycles. The Balaban J connectivity index is 2.02. The minimum Gasteiger partial charge on any atom is -0.453 e. The summed E-state index contributed by atoms with van der Waals surface area (Å²) in [6.45, 7) is 0.787. The van der Waals surface area contributed by atoms with Crippen molar-refractivity contribution in [2.45, 2.75) is 12.5 Å². The van der Waals surface area contributed by atoms with E-state index < -0.39 is 17.8 Å². The largest absolute Gasteiger partial charge is 0.453 e. The molecule has 0 spiro atoms. The standard InChI is InChI=1S/C13H16FN3O3/c1-20-13(19)16-9-4-5-17(7-9)12(18)10-3-2-8(15)6-11(10)14/h2-3,6,9H,4-5,7,15H2,1H3,(H,16,19). The number of anilines is 1. The van der Waals surface area contributed by atoms with Crippen molar-refractivity contribution >= 4 is 17.7 Å². The van der Waals surface area contributed by atoms with Gasteiger partial charge < -0.3 is 20.7 Å². The first-order valence-electron chi connectivity index (χ1n) is 6.20. The van der Waals surface area contributed by atoms with E-state index in [1.54, 1.807) is 0 Å². The first-order chi connectivity index (χ1) is 9.51. The highest BCUT2D eigenvalue weighted by Gasteiger charge is 2.29. The van der Waals surface area contributed by atoms with Crippen LogP contribution in [0.2, 0.25) is 0 Å². The first-order valence-corrected chi connectivity index (χ1v) is 6.20. The Morgan fingerprint density at radius 3 is 2.90 bits per heavy atom. The Bertz CT molecular complexity index is 536. The van der Waals surface area contributed by atoms with Crippen molar-refractivity contribution in [2.75, 3.05) is 25.9 Å². The van der Waals surface area contributed by atoms with Crippen molar-refractivity contribution in [3.05, 3.63) is 29.6 Å². The molecule has 1 aromatic rings. The van der Waals surface area contributed by atoms with Gasteiger partial charge in [-0.15, -0.1) is 0 Å². The number of methoxy groups -OCH3 is 1. The lowest BCUT2D eigenvalue weighted by Gasteiger charge is -2.17. The van der Waals surface area contributed by atoms with E-state index in [-0.39, 0.29) is 17.3 Å². The van der Waals surface area contributed by atoms with Crippen LogP contribution in [0.1, 0.15) is 16.8 Å². The predicted octanol–water partition coefficient (Wildman–Crippen LogP) is 0.978. The number of halogens is 1. The normalized spacial score (nSPS) is 17.9. The summed E-state index contributed by atoms with van der Waals surface area (Å²) < 4.78 is 18.2. The SMILES string of the molecule is COC(=O)NC1CCN(C(=O)c2ccc(N)cc2F)C1. The van der Waals surface area contributed by atoms with Gasteiger partial charge in [-0.3, -0.25) is 4.79 Å². The van der Waals surface area contributed by atoms with Gasteiger partial charge in [-0.1, -0.05) is 0 Å². The van der Waals surface area contributed by atoms with E-state index in [1.807, 2.05) is 0 Å². The third-order valence-electron chi connectivity index (χ3n) is 3.21. The number of ether oxygens (including phenoxy) is 1. The number of nitrogen functional groups attached to an aromatic ring is 1. The molecule has 2 amide bonds. The second kappa shape index (κ2) is 5.77. The van der Waals surface area contributed by atoms with Gasteiger partial charge in [0.2, 0.25) is 0 Å². The van der Waals surface area contributed by atoms with Gasteiger partial charge in [0.1, 0.15) is 5.82 Å². The molecule has 1 heterocycles. The predicted molar refractivity (Wildman–Crippen MR) is 70.7 cm³/mol. The molecule has 108 valence electrons. The van der Waals surface area contributed by atoms with Crippen LogP contribution in [-0.4, -0.2) is 43.1 Å². The van der Waals surface area contributed by atoms with E-state index >= 15 is 0 Å². The van der Waals surface area contributed by atoms with Crippen molar-refractivity contribution in [1.82, 2.24) is 10.2 Å². The van der Waals surface area contributed by atoms with Crippen LogP contribution < -0.4 is 11.1 Å². The quantitative estimate of drug-likeness (QED) is 0.791. The van der Waals surface area contributed by atoms with Gasteiger partial charge in [0.25, 0.3) is 5.91 Å². The molecular weight excluding hydrogens is 265 g/mol. The lowest BCUT2D eigenvalue weighted by Crippen LogP contribution is -2.38. The maximum Gasteiger partial charge on any atom is 0.407 e. The van der Waals surface area contributed by atoms with Crippen LogP contribution in [0.3, 0.4) is 0 Å². The van der Waals surface area contributed by atoms with Gasteiger partial charge in [0.05, 0.1) is 18.7 Å². The van der Waals surface area contributed by atoms with Crippen LogP contribution in [0.25, 0.3) is 0 Å². The number of carbonyl (C=O) groups is 2. The summed E-state index contributed by atoms with van der Waals surface area (Å²) in [6, 6.07) is 3.79. The molecule has 1 atom stereocenters.